The van der Waals surface area contributed by atoms with Gasteiger partial charge in [-0.2, -0.15) is 0 Å². The van der Waals surface area contributed by atoms with Gasteiger partial charge in [0.05, 0.1) is 17.0 Å². The number of allylic oxidation sites excluding steroid dienone is 8. The van der Waals surface area contributed by atoms with Crippen LogP contribution in [0.1, 0.15) is 31.0 Å². The number of hydrogen-bond donors (Lipinski definition) is 0. The van der Waals surface area contributed by atoms with Crippen molar-refractivity contribution in [2.75, 3.05) is 0 Å². The Kier molecular flexibility index (Phi) is 2.91. The fraction of sp³-hybridized carbons (Fsp3) is 0.143. The van der Waals surface area contributed by atoms with E-state index in [1.54, 1.807) is 0 Å². The van der Waals surface area contributed by atoms with Crippen LogP contribution < -0.4 is 0 Å². The van der Waals surface area contributed by atoms with Crippen molar-refractivity contribution < 1.29 is 0 Å². The molecule has 0 bridgehead atoms. The monoisotopic (exact) mass is 283 g/mol. The van der Waals surface area contributed by atoms with Gasteiger partial charge in [0.2, 0.25) is 0 Å². The van der Waals surface area contributed by atoms with Crippen LogP contribution in [-0.2, 0) is 0 Å². The van der Waals surface area contributed by atoms with Crippen LogP contribution in [0.15, 0.2) is 77.6 Å². The first kappa shape index (κ1) is 13.0. The molecule has 0 amide bonds. The maximum atomic E-state index is 3.45. The SMILES string of the molecule is C/C=C\C=C(/C)C1=C2C=CC=C3c4ccccc4C(C#C1)N32. The Bertz CT molecular complexity index is 863. The molecule has 0 radical (unpaired) electrons. The molecule has 1 heteroatoms. The zero-order chi connectivity index (χ0) is 15.1. The van der Waals surface area contributed by atoms with Gasteiger partial charge in [0.1, 0.15) is 6.04 Å². The van der Waals surface area contributed by atoms with Crippen LogP contribution in [0.5, 0.6) is 0 Å². The van der Waals surface area contributed by atoms with Gasteiger partial charge in [-0.3, -0.25) is 0 Å². The summed E-state index contributed by atoms with van der Waals surface area (Å²) in [6.07, 6.45) is 12.7. The summed E-state index contributed by atoms with van der Waals surface area (Å²) in [5.41, 5.74) is 7.45. The van der Waals surface area contributed by atoms with Crippen LogP contribution in [0.25, 0.3) is 5.70 Å². The third kappa shape index (κ3) is 1.74. The average Bonchev–Trinajstić information content (AvgIpc) is 2.90. The highest BCUT2D eigenvalue weighted by Gasteiger charge is 2.37. The predicted octanol–water partition coefficient (Wildman–Crippen LogP) is 4.75. The molecule has 22 heavy (non-hydrogen) atoms. The number of fused-ring (bicyclic) bond motifs is 3. The molecule has 1 nitrogen and oxygen atoms in total. The molecule has 1 aromatic carbocycles. The van der Waals surface area contributed by atoms with E-state index in [0.29, 0.717) is 0 Å². The normalized spacial score (nSPS) is 21.5. The average molecular weight is 283 g/mol. The highest BCUT2D eigenvalue weighted by atomic mass is 15.2. The zero-order valence-corrected chi connectivity index (χ0v) is 12.8. The molecular weight excluding hydrogens is 266 g/mol. The van der Waals surface area contributed by atoms with Gasteiger partial charge in [-0.1, -0.05) is 60.4 Å². The summed E-state index contributed by atoms with van der Waals surface area (Å²) in [5.74, 6) is 6.85. The summed E-state index contributed by atoms with van der Waals surface area (Å²) in [5, 5.41) is 0. The highest BCUT2D eigenvalue weighted by molar-refractivity contribution is 5.80. The van der Waals surface area contributed by atoms with Crippen LogP contribution in [0.3, 0.4) is 0 Å². The molecule has 4 rings (SSSR count). The van der Waals surface area contributed by atoms with Crippen molar-refractivity contribution in [3.05, 3.63) is 88.7 Å². The van der Waals surface area contributed by atoms with Gasteiger partial charge in [-0.15, -0.1) is 0 Å². The van der Waals surface area contributed by atoms with E-state index in [4.69, 9.17) is 0 Å². The van der Waals surface area contributed by atoms with Crippen LogP contribution in [-0.4, -0.2) is 4.90 Å². The molecule has 0 saturated carbocycles. The van der Waals surface area contributed by atoms with Gasteiger partial charge in [-0.25, -0.2) is 0 Å². The van der Waals surface area contributed by atoms with Crippen molar-refractivity contribution in [3.8, 4) is 11.8 Å². The second-order valence-electron chi connectivity index (χ2n) is 5.68. The van der Waals surface area contributed by atoms with Gasteiger partial charge in [-0.05, 0) is 37.1 Å². The smallest absolute Gasteiger partial charge is 0.122 e. The minimum atomic E-state index is 0.153. The lowest BCUT2D eigenvalue weighted by atomic mass is 9.97. The lowest BCUT2D eigenvalue weighted by Crippen LogP contribution is -2.24. The van der Waals surface area contributed by atoms with E-state index in [0.717, 1.165) is 5.57 Å². The number of benzene rings is 1. The number of nitrogens with zero attached hydrogens (tertiary/aromatic N) is 1. The second-order valence-corrected chi connectivity index (χ2v) is 5.68. The Hall–Kier alpha value is -2.72. The minimum absolute atomic E-state index is 0.153. The first-order valence-corrected chi connectivity index (χ1v) is 7.64. The van der Waals surface area contributed by atoms with Gasteiger partial charge >= 0.3 is 0 Å². The summed E-state index contributed by atoms with van der Waals surface area (Å²) >= 11 is 0. The first-order valence-electron chi connectivity index (χ1n) is 7.64. The molecule has 0 spiro atoms. The fourth-order valence-electron chi connectivity index (χ4n) is 3.30. The Balaban J connectivity index is 1.90. The number of rotatable bonds is 2. The molecule has 0 aliphatic carbocycles. The summed E-state index contributed by atoms with van der Waals surface area (Å²) in [7, 11) is 0. The van der Waals surface area contributed by atoms with Gasteiger partial charge in [0.25, 0.3) is 0 Å². The maximum Gasteiger partial charge on any atom is 0.122 e. The van der Waals surface area contributed by atoms with Crippen molar-refractivity contribution in [1.82, 2.24) is 4.90 Å². The van der Waals surface area contributed by atoms with Crippen molar-refractivity contribution in [1.29, 1.82) is 0 Å². The third-order valence-electron chi connectivity index (χ3n) is 4.34. The van der Waals surface area contributed by atoms with Crippen molar-refractivity contribution in [2.45, 2.75) is 19.9 Å². The van der Waals surface area contributed by atoms with Crippen LogP contribution in [0.2, 0.25) is 0 Å². The van der Waals surface area contributed by atoms with Gasteiger partial charge < -0.3 is 4.90 Å². The Morgan fingerprint density at radius 1 is 1.27 bits per heavy atom. The summed E-state index contributed by atoms with van der Waals surface area (Å²) in [4.78, 5) is 2.38. The van der Waals surface area contributed by atoms with Gasteiger partial charge in [0.15, 0.2) is 0 Å². The van der Waals surface area contributed by atoms with E-state index in [2.05, 4.69) is 78.3 Å². The Morgan fingerprint density at radius 3 is 3.00 bits per heavy atom. The standard InChI is InChI=1S/C21H17N/c1-3-4-8-15(2)16-13-14-21-18-10-6-5-9-17(18)20-12-7-11-19(16)22(20)21/h3-12,21H,1-2H3/b4-3-,15-8+. The Labute approximate surface area is 131 Å². The van der Waals surface area contributed by atoms with Crippen molar-refractivity contribution in [3.63, 3.8) is 0 Å². The summed E-state index contributed by atoms with van der Waals surface area (Å²) in [6, 6.07) is 8.74. The number of hydrogen-bond acceptors (Lipinski definition) is 1. The lowest BCUT2D eigenvalue weighted by Gasteiger charge is -2.32. The van der Waals surface area contributed by atoms with Crippen LogP contribution in [0, 0.1) is 11.8 Å². The van der Waals surface area contributed by atoms with E-state index in [1.807, 2.05) is 13.0 Å². The molecule has 0 N–H and O–H groups in total. The van der Waals surface area contributed by atoms with E-state index < -0.39 is 0 Å². The molecule has 106 valence electrons. The predicted molar refractivity (Wildman–Crippen MR) is 91.5 cm³/mol. The molecule has 0 aromatic heterocycles. The highest BCUT2D eigenvalue weighted by Crippen LogP contribution is 2.47. The molecular formula is C21H17N. The van der Waals surface area contributed by atoms with E-state index in [-0.39, 0.29) is 6.04 Å². The summed E-state index contributed by atoms with van der Waals surface area (Å²) in [6.45, 7) is 4.16. The largest absolute Gasteiger partial charge is 0.321 e. The molecule has 1 unspecified atom stereocenters. The van der Waals surface area contributed by atoms with Crippen molar-refractivity contribution in [2.24, 2.45) is 0 Å². The molecule has 1 atom stereocenters. The van der Waals surface area contributed by atoms with Gasteiger partial charge in [0, 0.05) is 5.56 Å². The summed E-state index contributed by atoms with van der Waals surface area (Å²) < 4.78 is 0. The fourth-order valence-corrected chi connectivity index (χ4v) is 3.30. The van der Waals surface area contributed by atoms with E-state index >= 15 is 0 Å². The third-order valence-corrected chi connectivity index (χ3v) is 4.34. The minimum Gasteiger partial charge on any atom is -0.321 e. The van der Waals surface area contributed by atoms with Crippen LogP contribution >= 0.6 is 0 Å². The second kappa shape index (κ2) is 4.93. The van der Waals surface area contributed by atoms with E-state index in [9.17, 15) is 0 Å². The van der Waals surface area contributed by atoms with Crippen LogP contribution in [0.4, 0.5) is 0 Å². The zero-order valence-electron chi connectivity index (χ0n) is 12.8. The molecule has 0 saturated heterocycles. The lowest BCUT2D eigenvalue weighted by molar-refractivity contribution is 0.464. The quantitative estimate of drug-likeness (QED) is 0.559. The first-order chi connectivity index (χ1) is 10.8. The maximum absolute atomic E-state index is 3.45. The molecule has 3 aliphatic rings. The Morgan fingerprint density at radius 2 is 2.14 bits per heavy atom. The molecule has 1 aromatic rings. The molecule has 3 heterocycles. The molecule has 3 aliphatic heterocycles. The topological polar surface area (TPSA) is 3.24 Å². The van der Waals surface area contributed by atoms with Crippen molar-refractivity contribution >= 4 is 5.70 Å². The van der Waals surface area contributed by atoms with E-state index in [1.165, 1.54) is 28.1 Å². The molecule has 0 fully saturated rings.